The lowest BCUT2D eigenvalue weighted by Gasteiger charge is -2.21. The topological polar surface area (TPSA) is 37.3 Å². The third kappa shape index (κ3) is 1.91. The number of hydrogen-bond donors (Lipinski definition) is 1. The highest BCUT2D eigenvalue weighted by Gasteiger charge is 2.41. The van der Waals surface area contributed by atoms with Gasteiger partial charge >= 0.3 is 5.97 Å². The van der Waals surface area contributed by atoms with Crippen molar-refractivity contribution in [3.05, 3.63) is 0 Å². The first-order chi connectivity index (χ1) is 5.71. The van der Waals surface area contributed by atoms with Gasteiger partial charge in [0.15, 0.2) is 0 Å². The van der Waals surface area contributed by atoms with E-state index in [2.05, 4.69) is 0 Å². The lowest BCUT2D eigenvalue weighted by Crippen LogP contribution is -2.32. The highest BCUT2D eigenvalue weighted by molar-refractivity contribution is 8.01. The predicted octanol–water partition coefficient (Wildman–Crippen LogP) is 2.09. The Hall–Kier alpha value is -0.250. The standard InChI is InChI=1S/C8H13FO2S/c9-5-1-3-8(7(10)11)4-2-6-12-8/h1-6H2,(H,10,11). The van der Waals surface area contributed by atoms with Crippen LogP contribution >= 0.6 is 11.8 Å². The molecule has 2 nitrogen and oxygen atoms in total. The zero-order valence-corrected chi connectivity index (χ0v) is 7.70. The molecule has 1 fully saturated rings. The largest absolute Gasteiger partial charge is 0.480 e. The van der Waals surface area contributed by atoms with Crippen molar-refractivity contribution in [3.63, 3.8) is 0 Å². The Bertz CT molecular complexity index is 166. The second-order valence-electron chi connectivity index (χ2n) is 3.04. The van der Waals surface area contributed by atoms with E-state index in [-0.39, 0.29) is 0 Å². The maximum absolute atomic E-state index is 11.9. The molecule has 0 amide bonds. The maximum atomic E-state index is 11.9. The SMILES string of the molecule is O=C(O)C1(CCCF)CCCS1. The molecule has 0 saturated carbocycles. The first-order valence-corrected chi connectivity index (χ1v) is 5.13. The summed E-state index contributed by atoms with van der Waals surface area (Å²) in [6.45, 7) is -0.407. The summed E-state index contributed by atoms with van der Waals surface area (Å²) in [7, 11) is 0. The van der Waals surface area contributed by atoms with Crippen molar-refractivity contribution in [1.29, 1.82) is 0 Å². The van der Waals surface area contributed by atoms with E-state index in [1.54, 1.807) is 0 Å². The second-order valence-corrected chi connectivity index (χ2v) is 4.52. The molecule has 0 spiro atoms. The highest BCUT2D eigenvalue weighted by atomic mass is 32.2. The number of hydrogen-bond acceptors (Lipinski definition) is 2. The molecule has 1 saturated heterocycles. The molecule has 0 aromatic rings. The van der Waals surface area contributed by atoms with Gasteiger partial charge in [0.05, 0.1) is 6.67 Å². The first-order valence-electron chi connectivity index (χ1n) is 4.14. The molecule has 0 radical (unpaired) electrons. The second kappa shape index (κ2) is 4.12. The van der Waals surface area contributed by atoms with Gasteiger partial charge in [-0.1, -0.05) is 0 Å². The number of aliphatic carboxylic acids is 1. The number of carboxylic acids is 1. The van der Waals surface area contributed by atoms with Gasteiger partial charge in [0.1, 0.15) is 4.75 Å². The molecule has 0 aliphatic carbocycles. The van der Waals surface area contributed by atoms with E-state index < -0.39 is 17.4 Å². The monoisotopic (exact) mass is 192 g/mol. The van der Waals surface area contributed by atoms with Crippen LogP contribution in [0.15, 0.2) is 0 Å². The van der Waals surface area contributed by atoms with Crippen LogP contribution in [-0.4, -0.2) is 28.3 Å². The molecule has 4 heteroatoms. The number of alkyl halides is 1. The molecule has 70 valence electrons. The lowest BCUT2D eigenvalue weighted by atomic mass is 9.98. The van der Waals surface area contributed by atoms with Crippen LogP contribution in [0.1, 0.15) is 25.7 Å². The average molecular weight is 192 g/mol. The van der Waals surface area contributed by atoms with E-state index in [0.29, 0.717) is 19.3 Å². The molecule has 1 heterocycles. The summed E-state index contributed by atoms with van der Waals surface area (Å²) in [6, 6.07) is 0. The minimum absolute atomic E-state index is 0.374. The average Bonchev–Trinajstić information content (AvgIpc) is 2.50. The normalized spacial score (nSPS) is 29.1. The van der Waals surface area contributed by atoms with Crippen LogP contribution in [0.25, 0.3) is 0 Å². The van der Waals surface area contributed by atoms with Gasteiger partial charge in [-0.15, -0.1) is 11.8 Å². The van der Waals surface area contributed by atoms with E-state index in [4.69, 9.17) is 5.11 Å². The zero-order chi connectivity index (χ0) is 9.03. The number of thioether (sulfide) groups is 1. The van der Waals surface area contributed by atoms with Gasteiger partial charge in [-0.05, 0) is 31.4 Å². The molecule has 1 unspecified atom stereocenters. The van der Waals surface area contributed by atoms with Crippen LogP contribution in [0.4, 0.5) is 4.39 Å². The third-order valence-electron chi connectivity index (χ3n) is 2.21. The summed E-state index contributed by atoms with van der Waals surface area (Å²) in [5, 5.41) is 8.95. The van der Waals surface area contributed by atoms with Crippen LogP contribution in [0.2, 0.25) is 0 Å². The summed E-state index contributed by atoms with van der Waals surface area (Å²) in [5.41, 5.74) is 0. The Morgan fingerprint density at radius 3 is 2.83 bits per heavy atom. The minimum atomic E-state index is -0.765. The number of carbonyl (C=O) groups is 1. The molecule has 1 atom stereocenters. The molecule has 1 N–H and O–H groups in total. The van der Waals surface area contributed by atoms with E-state index >= 15 is 0 Å². The van der Waals surface area contributed by atoms with Crippen LogP contribution in [-0.2, 0) is 4.79 Å². The highest BCUT2D eigenvalue weighted by Crippen LogP contribution is 2.41. The zero-order valence-electron chi connectivity index (χ0n) is 6.88. The molecular weight excluding hydrogens is 179 g/mol. The fourth-order valence-electron chi connectivity index (χ4n) is 1.52. The van der Waals surface area contributed by atoms with Crippen LogP contribution in [0, 0.1) is 0 Å². The summed E-state index contributed by atoms with van der Waals surface area (Å²) < 4.78 is 11.2. The number of carboxylic acid groups (broad SMARTS) is 1. The van der Waals surface area contributed by atoms with Gasteiger partial charge in [0.25, 0.3) is 0 Å². The van der Waals surface area contributed by atoms with E-state index in [9.17, 15) is 9.18 Å². The van der Waals surface area contributed by atoms with Crippen molar-refractivity contribution in [2.24, 2.45) is 0 Å². The first kappa shape index (κ1) is 9.84. The smallest absolute Gasteiger partial charge is 0.319 e. The van der Waals surface area contributed by atoms with Crippen molar-refractivity contribution < 1.29 is 14.3 Å². The van der Waals surface area contributed by atoms with E-state index in [0.717, 1.165) is 12.2 Å². The minimum Gasteiger partial charge on any atom is -0.480 e. The molecule has 1 rings (SSSR count). The van der Waals surface area contributed by atoms with Gasteiger partial charge in [0, 0.05) is 0 Å². The quantitative estimate of drug-likeness (QED) is 0.741. The van der Waals surface area contributed by atoms with Crippen LogP contribution < -0.4 is 0 Å². The van der Waals surface area contributed by atoms with Crippen molar-refractivity contribution in [1.82, 2.24) is 0 Å². The number of halogens is 1. The Balaban J connectivity index is 2.53. The summed E-state index contributed by atoms with van der Waals surface area (Å²) in [5.74, 6) is 0.136. The Morgan fingerprint density at radius 1 is 1.67 bits per heavy atom. The molecule has 0 aromatic heterocycles. The van der Waals surface area contributed by atoms with Crippen molar-refractivity contribution in [2.45, 2.75) is 30.4 Å². The Labute approximate surface area is 75.5 Å². The van der Waals surface area contributed by atoms with Crippen LogP contribution in [0.3, 0.4) is 0 Å². The van der Waals surface area contributed by atoms with E-state index in [1.165, 1.54) is 11.8 Å². The Morgan fingerprint density at radius 2 is 2.42 bits per heavy atom. The molecule has 1 aliphatic heterocycles. The van der Waals surface area contributed by atoms with Crippen molar-refractivity contribution in [2.75, 3.05) is 12.4 Å². The van der Waals surface area contributed by atoms with Gasteiger partial charge in [-0.25, -0.2) is 0 Å². The van der Waals surface area contributed by atoms with Crippen LogP contribution in [0.5, 0.6) is 0 Å². The third-order valence-corrected chi connectivity index (χ3v) is 3.84. The number of rotatable bonds is 4. The molecule has 0 bridgehead atoms. The van der Waals surface area contributed by atoms with Gasteiger partial charge in [0.2, 0.25) is 0 Å². The van der Waals surface area contributed by atoms with E-state index in [1.807, 2.05) is 0 Å². The van der Waals surface area contributed by atoms with Gasteiger partial charge < -0.3 is 5.11 Å². The van der Waals surface area contributed by atoms with Gasteiger partial charge in [-0.2, -0.15) is 0 Å². The predicted molar refractivity (Wildman–Crippen MR) is 47.3 cm³/mol. The Kier molecular flexibility index (Phi) is 3.38. The molecule has 1 aliphatic rings. The summed E-state index contributed by atoms with van der Waals surface area (Å²) >= 11 is 1.47. The lowest BCUT2D eigenvalue weighted by molar-refractivity contribution is -0.140. The fourth-order valence-corrected chi connectivity index (χ4v) is 2.90. The molecule has 0 aromatic carbocycles. The maximum Gasteiger partial charge on any atom is 0.319 e. The summed E-state index contributed by atoms with van der Waals surface area (Å²) in [4.78, 5) is 10.9. The fraction of sp³-hybridized carbons (Fsp3) is 0.875. The van der Waals surface area contributed by atoms with Gasteiger partial charge in [-0.3, -0.25) is 9.18 Å². The van der Waals surface area contributed by atoms with Crippen molar-refractivity contribution in [3.8, 4) is 0 Å². The molecular formula is C8H13FO2S. The van der Waals surface area contributed by atoms with Crippen molar-refractivity contribution >= 4 is 17.7 Å². The molecule has 12 heavy (non-hydrogen) atoms. The summed E-state index contributed by atoms with van der Waals surface area (Å²) in [6.07, 6.45) is 2.50.